The Morgan fingerprint density at radius 3 is 2.91 bits per heavy atom. The van der Waals surface area contributed by atoms with Gasteiger partial charge in [0.2, 0.25) is 0 Å². The zero-order chi connectivity index (χ0) is 8.27. The first kappa shape index (κ1) is 8.55. The van der Waals surface area contributed by atoms with Gasteiger partial charge in [-0.1, -0.05) is 11.7 Å². The Hall–Kier alpha value is -0.550. The summed E-state index contributed by atoms with van der Waals surface area (Å²) in [6, 6.07) is 3.10. The standard InChI is InChI=1S/C6H7NO2S2/c1-9-5-2-3-7(11-10)6(8)4-5/h2-4,10H,1H3. The van der Waals surface area contributed by atoms with Crippen LogP contribution in [-0.2, 0) is 0 Å². The molecule has 0 amide bonds. The van der Waals surface area contributed by atoms with E-state index in [1.165, 1.54) is 17.1 Å². The number of thiol groups is 1. The van der Waals surface area contributed by atoms with Crippen molar-refractivity contribution in [2.45, 2.75) is 0 Å². The molecule has 0 atom stereocenters. The van der Waals surface area contributed by atoms with Crippen molar-refractivity contribution in [3.8, 4) is 5.75 Å². The van der Waals surface area contributed by atoms with E-state index < -0.39 is 0 Å². The molecule has 0 aliphatic rings. The molecule has 1 aromatic rings. The van der Waals surface area contributed by atoms with Crippen molar-refractivity contribution in [3.05, 3.63) is 28.7 Å². The Bertz CT molecular complexity index is 297. The van der Waals surface area contributed by atoms with Gasteiger partial charge >= 0.3 is 0 Å². The molecule has 60 valence electrons. The summed E-state index contributed by atoms with van der Waals surface area (Å²) in [6.45, 7) is 0. The van der Waals surface area contributed by atoms with E-state index in [-0.39, 0.29) is 5.56 Å². The summed E-state index contributed by atoms with van der Waals surface area (Å²) < 4.78 is 6.24. The Labute approximate surface area is 73.3 Å². The number of methoxy groups -OCH3 is 1. The van der Waals surface area contributed by atoms with Crippen molar-refractivity contribution in [1.82, 2.24) is 3.97 Å². The Balaban J connectivity index is 3.10. The van der Waals surface area contributed by atoms with E-state index in [2.05, 4.69) is 11.7 Å². The first-order valence-electron chi connectivity index (χ1n) is 2.86. The van der Waals surface area contributed by atoms with Crippen LogP contribution < -0.4 is 10.3 Å². The minimum Gasteiger partial charge on any atom is -0.496 e. The monoisotopic (exact) mass is 189 g/mol. The third-order valence-corrected chi connectivity index (χ3v) is 2.19. The van der Waals surface area contributed by atoms with Crippen LogP contribution in [-0.4, -0.2) is 11.1 Å². The van der Waals surface area contributed by atoms with Crippen molar-refractivity contribution >= 4 is 22.6 Å². The summed E-state index contributed by atoms with van der Waals surface area (Å²) >= 11 is 3.88. The van der Waals surface area contributed by atoms with Gasteiger partial charge in [-0.25, -0.2) is 3.97 Å². The van der Waals surface area contributed by atoms with Crippen LogP contribution in [0.5, 0.6) is 5.75 Å². The second-order valence-corrected chi connectivity index (χ2v) is 2.86. The second-order valence-electron chi connectivity index (χ2n) is 1.81. The molecule has 0 radical (unpaired) electrons. The van der Waals surface area contributed by atoms with E-state index in [1.54, 1.807) is 12.3 Å². The van der Waals surface area contributed by atoms with Gasteiger partial charge in [-0.15, -0.1) is 0 Å². The molecule has 1 rings (SSSR count). The molecule has 0 saturated heterocycles. The number of nitrogens with zero attached hydrogens (tertiary/aromatic N) is 1. The first-order valence-corrected chi connectivity index (χ1v) is 4.69. The summed E-state index contributed by atoms with van der Waals surface area (Å²) in [6.07, 6.45) is 1.61. The largest absolute Gasteiger partial charge is 0.496 e. The molecule has 5 heteroatoms. The highest BCUT2D eigenvalue weighted by molar-refractivity contribution is 8.67. The van der Waals surface area contributed by atoms with Crippen LogP contribution in [0, 0.1) is 0 Å². The lowest BCUT2D eigenvalue weighted by Gasteiger charge is -2.00. The van der Waals surface area contributed by atoms with Crippen molar-refractivity contribution < 1.29 is 4.74 Å². The predicted octanol–water partition coefficient (Wildman–Crippen LogP) is 1.20. The molecular formula is C6H7NO2S2. The van der Waals surface area contributed by atoms with Gasteiger partial charge in [0.05, 0.1) is 7.11 Å². The van der Waals surface area contributed by atoms with Crippen molar-refractivity contribution in [1.29, 1.82) is 0 Å². The number of ether oxygens (including phenoxy) is 1. The number of hydrogen-bond donors (Lipinski definition) is 1. The third-order valence-electron chi connectivity index (χ3n) is 1.18. The summed E-state index contributed by atoms with van der Waals surface area (Å²) in [5.74, 6) is 0.564. The lowest BCUT2D eigenvalue weighted by atomic mass is 10.4. The summed E-state index contributed by atoms with van der Waals surface area (Å²) in [4.78, 5) is 11.0. The summed E-state index contributed by atoms with van der Waals surface area (Å²) in [5.41, 5.74) is -0.135. The Morgan fingerprint density at radius 1 is 1.73 bits per heavy atom. The van der Waals surface area contributed by atoms with Gasteiger partial charge in [-0.2, -0.15) is 0 Å². The van der Waals surface area contributed by atoms with Crippen molar-refractivity contribution in [3.63, 3.8) is 0 Å². The predicted molar refractivity (Wildman–Crippen MR) is 49.2 cm³/mol. The maximum Gasteiger partial charge on any atom is 0.264 e. The molecule has 11 heavy (non-hydrogen) atoms. The molecule has 0 aromatic carbocycles. The molecule has 3 nitrogen and oxygen atoms in total. The molecule has 0 saturated carbocycles. The normalized spacial score (nSPS) is 9.64. The topological polar surface area (TPSA) is 31.2 Å². The molecule has 0 spiro atoms. The van der Waals surface area contributed by atoms with Crippen molar-refractivity contribution in [2.75, 3.05) is 7.11 Å². The van der Waals surface area contributed by atoms with E-state index in [1.807, 2.05) is 0 Å². The highest BCUT2D eigenvalue weighted by Gasteiger charge is 1.95. The maximum atomic E-state index is 11.0. The lowest BCUT2D eigenvalue weighted by Crippen LogP contribution is -2.11. The minimum atomic E-state index is -0.135. The fraction of sp³-hybridized carbons (Fsp3) is 0.167. The van der Waals surface area contributed by atoms with E-state index >= 15 is 0 Å². The van der Waals surface area contributed by atoms with E-state index in [0.717, 1.165) is 11.0 Å². The molecule has 1 aromatic heterocycles. The number of pyridine rings is 1. The van der Waals surface area contributed by atoms with Crippen molar-refractivity contribution in [2.24, 2.45) is 0 Å². The first-order chi connectivity index (χ1) is 5.27. The average molecular weight is 189 g/mol. The van der Waals surface area contributed by atoms with Gasteiger partial charge in [0, 0.05) is 23.2 Å². The maximum absolute atomic E-state index is 11.0. The molecule has 0 bridgehead atoms. The van der Waals surface area contributed by atoms with Crippen LogP contribution >= 0.6 is 22.6 Å². The molecule has 1 heterocycles. The Morgan fingerprint density at radius 2 is 2.45 bits per heavy atom. The van der Waals surface area contributed by atoms with E-state index in [9.17, 15) is 4.79 Å². The lowest BCUT2D eigenvalue weighted by molar-refractivity contribution is 0.413. The number of hydrogen-bond acceptors (Lipinski definition) is 4. The molecule has 0 aliphatic carbocycles. The zero-order valence-corrected chi connectivity index (χ0v) is 7.56. The highest BCUT2D eigenvalue weighted by atomic mass is 33.1. The average Bonchev–Trinajstić information content (AvgIpc) is 2.04. The third kappa shape index (κ3) is 1.94. The van der Waals surface area contributed by atoms with Gasteiger partial charge in [-0.05, 0) is 6.07 Å². The van der Waals surface area contributed by atoms with Gasteiger partial charge in [0.1, 0.15) is 5.75 Å². The van der Waals surface area contributed by atoms with Crippen LogP contribution in [0.3, 0.4) is 0 Å². The van der Waals surface area contributed by atoms with Crippen LogP contribution in [0.25, 0.3) is 0 Å². The summed E-state index contributed by atoms with van der Waals surface area (Å²) in [7, 11) is 2.58. The fourth-order valence-electron chi connectivity index (χ4n) is 0.642. The van der Waals surface area contributed by atoms with Crippen LogP contribution in [0.2, 0.25) is 0 Å². The molecular weight excluding hydrogens is 182 g/mol. The zero-order valence-electron chi connectivity index (χ0n) is 5.85. The molecule has 0 unspecified atom stereocenters. The fourth-order valence-corrected chi connectivity index (χ4v) is 1.30. The SMILES string of the molecule is COc1ccn(SS)c(=O)c1. The number of rotatable bonds is 2. The Kier molecular flexibility index (Phi) is 2.90. The second kappa shape index (κ2) is 3.73. The smallest absolute Gasteiger partial charge is 0.264 e. The minimum absolute atomic E-state index is 0.135. The number of aromatic nitrogens is 1. The van der Waals surface area contributed by atoms with Gasteiger partial charge in [0.15, 0.2) is 0 Å². The molecule has 0 fully saturated rings. The highest BCUT2D eigenvalue weighted by Crippen LogP contribution is 2.10. The van der Waals surface area contributed by atoms with Gasteiger partial charge in [0.25, 0.3) is 5.56 Å². The van der Waals surface area contributed by atoms with Crippen LogP contribution in [0.1, 0.15) is 0 Å². The van der Waals surface area contributed by atoms with Gasteiger partial charge in [-0.3, -0.25) is 4.79 Å². The van der Waals surface area contributed by atoms with E-state index in [0.29, 0.717) is 5.75 Å². The van der Waals surface area contributed by atoms with Crippen LogP contribution in [0.4, 0.5) is 0 Å². The quantitative estimate of drug-likeness (QED) is 0.560. The van der Waals surface area contributed by atoms with E-state index in [4.69, 9.17) is 4.74 Å². The molecule has 0 aliphatic heterocycles. The summed E-state index contributed by atoms with van der Waals surface area (Å²) in [5, 5.41) is 0. The van der Waals surface area contributed by atoms with Gasteiger partial charge < -0.3 is 4.74 Å². The molecule has 0 N–H and O–H groups in total. The van der Waals surface area contributed by atoms with Crippen LogP contribution in [0.15, 0.2) is 23.1 Å².